The second-order valence-electron chi connectivity index (χ2n) is 5.52. The van der Waals surface area contributed by atoms with Crippen molar-refractivity contribution in [3.8, 4) is 11.5 Å². The summed E-state index contributed by atoms with van der Waals surface area (Å²) in [7, 11) is 3.14. The summed E-state index contributed by atoms with van der Waals surface area (Å²) in [5.74, 6) is 1.37. The minimum absolute atomic E-state index is 0.0341. The van der Waals surface area contributed by atoms with Gasteiger partial charge in [-0.3, -0.25) is 9.59 Å². The van der Waals surface area contributed by atoms with Gasteiger partial charge in [-0.15, -0.1) is 0 Å². The first-order valence-corrected chi connectivity index (χ1v) is 8.85. The van der Waals surface area contributed by atoms with Gasteiger partial charge in [0.15, 0.2) is 11.6 Å². The van der Waals surface area contributed by atoms with Crippen LogP contribution in [0.15, 0.2) is 36.4 Å². The molecule has 0 radical (unpaired) electrons. The molecule has 5 heteroatoms. The van der Waals surface area contributed by atoms with Crippen LogP contribution in [0.5, 0.6) is 11.5 Å². The van der Waals surface area contributed by atoms with Crippen molar-refractivity contribution in [3.63, 3.8) is 0 Å². The fraction of sp³-hybridized carbons (Fsp3) is 0.300. The summed E-state index contributed by atoms with van der Waals surface area (Å²) in [4.78, 5) is 22.4. The van der Waals surface area contributed by atoms with Gasteiger partial charge >= 0.3 is 0 Å². The van der Waals surface area contributed by atoms with E-state index in [4.69, 9.17) is 9.47 Å². The molecule has 0 aliphatic rings. The molecule has 0 aliphatic heterocycles. The van der Waals surface area contributed by atoms with Crippen molar-refractivity contribution < 1.29 is 19.1 Å². The lowest BCUT2D eigenvalue weighted by Gasteiger charge is -2.06. The molecule has 0 fully saturated rings. The van der Waals surface area contributed by atoms with Gasteiger partial charge in [-0.25, -0.2) is 0 Å². The average molecular weight is 407 g/mol. The number of alkyl halides is 1. The highest BCUT2D eigenvalue weighted by atomic mass is 79.9. The van der Waals surface area contributed by atoms with Crippen LogP contribution in [-0.4, -0.2) is 31.1 Å². The summed E-state index contributed by atoms with van der Waals surface area (Å²) in [6.45, 7) is 5.46. The summed E-state index contributed by atoms with van der Waals surface area (Å²) in [6, 6.07) is 11.1. The Morgan fingerprint density at radius 2 is 1.32 bits per heavy atom. The van der Waals surface area contributed by atoms with Gasteiger partial charge in [0.05, 0.1) is 30.7 Å². The molecule has 0 amide bonds. The van der Waals surface area contributed by atoms with Gasteiger partial charge in [0.1, 0.15) is 11.5 Å². The highest BCUT2D eigenvalue weighted by Crippen LogP contribution is 2.21. The molecule has 134 valence electrons. The van der Waals surface area contributed by atoms with E-state index in [-0.39, 0.29) is 11.6 Å². The molecule has 0 unspecified atom stereocenters. The highest BCUT2D eigenvalue weighted by Gasteiger charge is 2.10. The molecule has 0 spiro atoms. The number of carbonyl (C=O) groups excluding carboxylic acids is 2. The number of Topliss-reactive ketones (excluding diaryl/α,β-unsaturated/α-hetero) is 2. The maximum absolute atomic E-state index is 11.4. The van der Waals surface area contributed by atoms with Crippen LogP contribution >= 0.6 is 15.9 Å². The summed E-state index contributed by atoms with van der Waals surface area (Å²) in [5, 5.41) is 0.326. The van der Waals surface area contributed by atoms with E-state index in [1.165, 1.54) is 6.92 Å². The van der Waals surface area contributed by atoms with E-state index in [1.54, 1.807) is 26.4 Å². The van der Waals surface area contributed by atoms with Crippen LogP contribution in [-0.2, 0) is 0 Å². The maximum Gasteiger partial charge on any atom is 0.177 e. The fourth-order valence-electron chi connectivity index (χ4n) is 2.19. The first kappa shape index (κ1) is 20.9. The van der Waals surface area contributed by atoms with Crippen LogP contribution in [0.1, 0.15) is 38.8 Å². The lowest BCUT2D eigenvalue weighted by atomic mass is 10.1. The number of hydrogen-bond donors (Lipinski definition) is 0. The van der Waals surface area contributed by atoms with E-state index in [1.807, 2.05) is 38.1 Å². The third kappa shape index (κ3) is 6.02. The smallest absolute Gasteiger partial charge is 0.177 e. The summed E-state index contributed by atoms with van der Waals surface area (Å²) < 4.78 is 10.2. The zero-order valence-electron chi connectivity index (χ0n) is 15.2. The lowest BCUT2D eigenvalue weighted by Crippen LogP contribution is -2.03. The van der Waals surface area contributed by atoms with Crippen LogP contribution in [0.2, 0.25) is 0 Å². The molecule has 0 N–H and O–H groups in total. The van der Waals surface area contributed by atoms with Crippen LogP contribution in [0.3, 0.4) is 0 Å². The third-order valence-corrected chi connectivity index (χ3v) is 4.02. The Bertz CT molecular complexity index is 753. The van der Waals surface area contributed by atoms with Crippen molar-refractivity contribution in [2.24, 2.45) is 0 Å². The average Bonchev–Trinajstić information content (AvgIpc) is 2.60. The lowest BCUT2D eigenvalue weighted by molar-refractivity contribution is 0.100. The topological polar surface area (TPSA) is 52.6 Å². The molecule has 0 bridgehead atoms. The Labute approximate surface area is 157 Å². The van der Waals surface area contributed by atoms with Crippen LogP contribution in [0.4, 0.5) is 0 Å². The van der Waals surface area contributed by atoms with Gasteiger partial charge in [0.2, 0.25) is 0 Å². The predicted octanol–water partition coefficient (Wildman–Crippen LogP) is 4.79. The number of benzene rings is 2. The van der Waals surface area contributed by atoms with E-state index >= 15 is 0 Å². The number of halogens is 1. The Kier molecular flexibility index (Phi) is 8.35. The summed E-state index contributed by atoms with van der Waals surface area (Å²) in [5.41, 5.74) is 3.45. The quantitative estimate of drug-likeness (QED) is 0.529. The second-order valence-corrected chi connectivity index (χ2v) is 6.08. The maximum atomic E-state index is 11.4. The Hall–Kier alpha value is -2.14. The van der Waals surface area contributed by atoms with Gasteiger partial charge in [-0.2, -0.15) is 0 Å². The van der Waals surface area contributed by atoms with Crippen molar-refractivity contribution in [2.45, 2.75) is 20.8 Å². The predicted molar refractivity (Wildman–Crippen MR) is 104 cm³/mol. The Balaban J connectivity index is 0.000000251. The molecule has 0 aliphatic carbocycles. The molecule has 0 aromatic heterocycles. The van der Waals surface area contributed by atoms with E-state index in [2.05, 4.69) is 15.9 Å². The summed E-state index contributed by atoms with van der Waals surface area (Å²) in [6.07, 6.45) is 0. The molecule has 0 heterocycles. The second kappa shape index (κ2) is 9.99. The largest absolute Gasteiger partial charge is 0.496 e. The molecular weight excluding hydrogens is 384 g/mol. The summed E-state index contributed by atoms with van der Waals surface area (Å²) >= 11 is 3.13. The van der Waals surface area contributed by atoms with E-state index in [9.17, 15) is 9.59 Å². The first-order valence-electron chi connectivity index (χ1n) is 7.73. The molecule has 0 saturated carbocycles. The standard InChI is InChI=1S/C10H11BrO2.C10H12O2/c1-7-3-4-8(9(12)6-11)10(5-7)13-2;1-7-4-5-9(8(2)11)10(6-7)12-3/h3-5H,6H2,1-2H3;4-6H,1-3H3. The number of carbonyl (C=O) groups is 2. The van der Waals surface area contributed by atoms with Crippen molar-refractivity contribution in [1.82, 2.24) is 0 Å². The molecular formula is C20H23BrO4. The number of aryl methyl sites for hydroxylation is 2. The van der Waals surface area contributed by atoms with Crippen molar-refractivity contribution in [3.05, 3.63) is 58.7 Å². The van der Waals surface area contributed by atoms with Gasteiger partial charge < -0.3 is 9.47 Å². The Morgan fingerprint density at radius 3 is 1.72 bits per heavy atom. The zero-order valence-corrected chi connectivity index (χ0v) is 16.8. The molecule has 2 aromatic rings. The number of rotatable bonds is 5. The van der Waals surface area contributed by atoms with Gasteiger partial charge in [0.25, 0.3) is 0 Å². The minimum Gasteiger partial charge on any atom is -0.496 e. The van der Waals surface area contributed by atoms with Crippen LogP contribution < -0.4 is 9.47 Å². The molecule has 0 saturated heterocycles. The van der Waals surface area contributed by atoms with Gasteiger partial charge in [-0.05, 0) is 56.2 Å². The Morgan fingerprint density at radius 1 is 0.880 bits per heavy atom. The van der Waals surface area contributed by atoms with Gasteiger partial charge in [0, 0.05) is 0 Å². The number of methoxy groups -OCH3 is 2. The molecule has 0 atom stereocenters. The van der Waals surface area contributed by atoms with Crippen molar-refractivity contribution >= 4 is 27.5 Å². The van der Waals surface area contributed by atoms with Crippen molar-refractivity contribution in [2.75, 3.05) is 19.5 Å². The zero-order chi connectivity index (χ0) is 19.0. The monoisotopic (exact) mass is 406 g/mol. The van der Waals surface area contributed by atoms with E-state index < -0.39 is 0 Å². The van der Waals surface area contributed by atoms with E-state index in [0.717, 1.165) is 11.1 Å². The molecule has 2 aromatic carbocycles. The number of ketones is 2. The van der Waals surface area contributed by atoms with Crippen LogP contribution in [0, 0.1) is 13.8 Å². The van der Waals surface area contributed by atoms with Crippen LogP contribution in [0.25, 0.3) is 0 Å². The number of hydrogen-bond acceptors (Lipinski definition) is 4. The first-order chi connectivity index (χ1) is 11.8. The normalized spacial score (nSPS) is 9.68. The van der Waals surface area contributed by atoms with Crippen molar-refractivity contribution in [1.29, 1.82) is 0 Å². The minimum atomic E-state index is 0.0341. The highest BCUT2D eigenvalue weighted by molar-refractivity contribution is 9.09. The number of ether oxygens (including phenoxy) is 2. The molecule has 25 heavy (non-hydrogen) atoms. The fourth-order valence-corrected chi connectivity index (χ4v) is 2.49. The third-order valence-electron chi connectivity index (χ3n) is 3.52. The molecule has 2 rings (SSSR count). The van der Waals surface area contributed by atoms with Gasteiger partial charge in [-0.1, -0.05) is 28.1 Å². The van der Waals surface area contributed by atoms with E-state index in [0.29, 0.717) is 28.0 Å². The SMILES string of the molecule is COc1cc(C)ccc1C(=O)CBr.COc1cc(C)ccc1C(C)=O. The molecule has 4 nitrogen and oxygen atoms in total.